The van der Waals surface area contributed by atoms with Crippen LogP contribution in [0.2, 0.25) is 0 Å². The summed E-state index contributed by atoms with van der Waals surface area (Å²) in [6.07, 6.45) is -0.149. The van der Waals surface area contributed by atoms with Gasteiger partial charge in [0.05, 0.1) is 23.0 Å². The van der Waals surface area contributed by atoms with Gasteiger partial charge in [0.1, 0.15) is 0 Å². The van der Waals surface area contributed by atoms with E-state index < -0.39 is 36.8 Å². The fourth-order valence-corrected chi connectivity index (χ4v) is 5.85. The number of benzene rings is 1. The Bertz CT molecular complexity index is 1230. The second-order valence-corrected chi connectivity index (χ2v) is 11.6. The van der Waals surface area contributed by atoms with Crippen molar-refractivity contribution in [3.05, 3.63) is 30.1 Å². The lowest BCUT2D eigenvalue weighted by Gasteiger charge is -2.43. The van der Waals surface area contributed by atoms with Crippen LogP contribution < -0.4 is 0 Å². The summed E-state index contributed by atoms with van der Waals surface area (Å²) >= 11 is 0. The van der Waals surface area contributed by atoms with Gasteiger partial charge < -0.3 is 29.1 Å². The van der Waals surface area contributed by atoms with Gasteiger partial charge in [-0.3, -0.25) is 9.59 Å². The molecular formula is C29H41F2N5O5. The number of carbonyl (C=O) groups excluding carboxylic acids is 2. The lowest BCUT2D eigenvalue weighted by Crippen LogP contribution is -2.58. The molecule has 1 N–H and O–H groups in total. The molecule has 2 saturated heterocycles. The number of fused-ring (bicyclic) bond motifs is 1. The number of aryl methyl sites for hydroxylation is 1. The summed E-state index contributed by atoms with van der Waals surface area (Å²) < 4.78 is 34.6. The molecule has 0 aliphatic carbocycles. The van der Waals surface area contributed by atoms with Crippen LogP contribution in [0.5, 0.6) is 0 Å². The highest BCUT2D eigenvalue weighted by molar-refractivity contribution is 5.95. The number of carboxylic acid groups (broad SMARTS) is 1. The third-order valence-electron chi connectivity index (χ3n) is 7.94. The molecule has 0 spiro atoms. The van der Waals surface area contributed by atoms with Gasteiger partial charge in [0.15, 0.2) is 5.82 Å². The summed E-state index contributed by atoms with van der Waals surface area (Å²) in [4.78, 5) is 48.8. The molecule has 0 unspecified atom stereocenters. The number of hydrogen-bond donors (Lipinski definition) is 1. The number of piperidine rings is 2. The number of likely N-dealkylation sites (tertiary alicyclic amines) is 2. The molecule has 1 aromatic heterocycles. The SMILES string of the molecule is COCCCCn1c(C(=O)N(CC(C)C)[C@H]2C[C@@H](C(=O)N3CCC(F)(F)CC3)CN(C(=O)O)C2)nc2ccccc21. The molecule has 3 heterocycles. The smallest absolute Gasteiger partial charge is 0.407 e. The zero-order valence-corrected chi connectivity index (χ0v) is 24.1. The average Bonchev–Trinajstić information content (AvgIpc) is 3.31. The Kier molecular flexibility index (Phi) is 9.83. The van der Waals surface area contributed by atoms with Crippen molar-refractivity contribution in [1.82, 2.24) is 24.3 Å². The van der Waals surface area contributed by atoms with Crippen LogP contribution in [0.3, 0.4) is 0 Å². The minimum absolute atomic E-state index is 0.0285. The molecule has 3 amide bonds. The van der Waals surface area contributed by atoms with E-state index in [0.29, 0.717) is 25.2 Å². The number of amides is 3. The Labute approximate surface area is 239 Å². The molecule has 2 aromatic rings. The molecule has 2 atom stereocenters. The highest BCUT2D eigenvalue weighted by Gasteiger charge is 2.43. The van der Waals surface area contributed by atoms with Crippen LogP contribution >= 0.6 is 0 Å². The van der Waals surface area contributed by atoms with E-state index in [0.717, 1.165) is 18.4 Å². The number of hydrogen-bond acceptors (Lipinski definition) is 5. The van der Waals surface area contributed by atoms with Gasteiger partial charge in [-0.1, -0.05) is 26.0 Å². The molecule has 10 nitrogen and oxygen atoms in total. The van der Waals surface area contributed by atoms with Gasteiger partial charge in [-0.05, 0) is 37.3 Å². The van der Waals surface area contributed by atoms with Gasteiger partial charge in [0, 0.05) is 65.8 Å². The Morgan fingerprint density at radius 2 is 1.83 bits per heavy atom. The first kappa shape index (κ1) is 30.7. The fraction of sp³-hybridized carbons (Fsp3) is 0.655. The number of methoxy groups -OCH3 is 1. The van der Waals surface area contributed by atoms with Crippen LogP contribution in [0.1, 0.15) is 56.6 Å². The van der Waals surface area contributed by atoms with E-state index in [1.165, 1.54) is 9.80 Å². The van der Waals surface area contributed by atoms with Gasteiger partial charge in [0.2, 0.25) is 5.91 Å². The molecule has 2 aliphatic rings. The van der Waals surface area contributed by atoms with Crippen LogP contribution in [-0.2, 0) is 16.1 Å². The summed E-state index contributed by atoms with van der Waals surface area (Å²) in [5.74, 6) is -3.84. The van der Waals surface area contributed by atoms with Gasteiger partial charge >= 0.3 is 6.09 Å². The Balaban J connectivity index is 1.63. The number of unbranched alkanes of at least 4 members (excludes halogenated alkanes) is 1. The minimum atomic E-state index is -2.80. The minimum Gasteiger partial charge on any atom is -0.465 e. The second-order valence-electron chi connectivity index (χ2n) is 11.6. The van der Waals surface area contributed by atoms with Crippen molar-refractivity contribution in [2.75, 3.05) is 46.4 Å². The highest BCUT2D eigenvalue weighted by Crippen LogP contribution is 2.31. The molecule has 0 saturated carbocycles. The molecule has 226 valence electrons. The van der Waals surface area contributed by atoms with Gasteiger partial charge in [-0.2, -0.15) is 0 Å². The first-order valence-electron chi connectivity index (χ1n) is 14.4. The number of alkyl halides is 2. The van der Waals surface area contributed by atoms with Crippen molar-refractivity contribution in [3.63, 3.8) is 0 Å². The molecule has 2 aliphatic heterocycles. The van der Waals surface area contributed by atoms with Crippen molar-refractivity contribution in [2.45, 2.75) is 64.5 Å². The van der Waals surface area contributed by atoms with Gasteiger partial charge in [-0.25, -0.2) is 18.6 Å². The number of para-hydroxylation sites is 2. The zero-order chi connectivity index (χ0) is 29.7. The van der Waals surface area contributed by atoms with Crippen LogP contribution in [0.25, 0.3) is 11.0 Å². The molecule has 12 heteroatoms. The first-order chi connectivity index (χ1) is 19.5. The predicted octanol–water partition coefficient (Wildman–Crippen LogP) is 4.19. The van der Waals surface area contributed by atoms with E-state index in [-0.39, 0.29) is 56.2 Å². The zero-order valence-electron chi connectivity index (χ0n) is 24.1. The van der Waals surface area contributed by atoms with Crippen LogP contribution in [-0.4, -0.2) is 106 Å². The molecule has 1 aromatic carbocycles. The Morgan fingerprint density at radius 1 is 1.12 bits per heavy atom. The van der Waals surface area contributed by atoms with Crippen LogP contribution in [0.15, 0.2) is 24.3 Å². The van der Waals surface area contributed by atoms with Crippen LogP contribution in [0.4, 0.5) is 13.6 Å². The third-order valence-corrected chi connectivity index (χ3v) is 7.94. The van der Waals surface area contributed by atoms with Gasteiger partial charge in [-0.15, -0.1) is 0 Å². The monoisotopic (exact) mass is 577 g/mol. The molecular weight excluding hydrogens is 536 g/mol. The lowest BCUT2D eigenvalue weighted by molar-refractivity contribution is -0.143. The fourth-order valence-electron chi connectivity index (χ4n) is 5.85. The van der Waals surface area contributed by atoms with Crippen molar-refractivity contribution in [3.8, 4) is 0 Å². The molecule has 4 rings (SSSR count). The number of rotatable bonds is 10. The second kappa shape index (κ2) is 13.1. The average molecular weight is 578 g/mol. The quantitative estimate of drug-likeness (QED) is 0.425. The van der Waals surface area contributed by atoms with Gasteiger partial charge in [0.25, 0.3) is 11.8 Å². The summed E-state index contributed by atoms with van der Waals surface area (Å²) in [6, 6.07) is 6.97. The first-order valence-corrected chi connectivity index (χ1v) is 14.4. The number of nitrogens with zero attached hydrogens (tertiary/aromatic N) is 5. The van der Waals surface area contributed by atoms with Crippen molar-refractivity contribution >= 4 is 28.9 Å². The van der Waals surface area contributed by atoms with E-state index in [9.17, 15) is 28.3 Å². The Morgan fingerprint density at radius 3 is 2.49 bits per heavy atom. The maximum atomic E-state index is 14.3. The normalized spacial score (nSPS) is 20.9. The largest absolute Gasteiger partial charge is 0.465 e. The predicted molar refractivity (Wildman–Crippen MR) is 149 cm³/mol. The Hall–Kier alpha value is -3.28. The molecule has 41 heavy (non-hydrogen) atoms. The van der Waals surface area contributed by atoms with Crippen LogP contribution in [0, 0.1) is 11.8 Å². The van der Waals surface area contributed by atoms with Crippen molar-refractivity contribution < 1.29 is 33.0 Å². The topological polar surface area (TPSA) is 108 Å². The number of imidazole rings is 1. The molecule has 0 radical (unpaired) electrons. The third kappa shape index (κ3) is 7.33. The van der Waals surface area contributed by atoms with E-state index in [1.54, 1.807) is 12.0 Å². The van der Waals surface area contributed by atoms with Crippen molar-refractivity contribution in [2.24, 2.45) is 11.8 Å². The summed E-state index contributed by atoms with van der Waals surface area (Å²) in [7, 11) is 1.65. The maximum Gasteiger partial charge on any atom is 0.407 e. The summed E-state index contributed by atoms with van der Waals surface area (Å²) in [5, 5.41) is 9.91. The molecule has 2 fully saturated rings. The summed E-state index contributed by atoms with van der Waals surface area (Å²) in [6.45, 7) is 5.36. The number of carbonyl (C=O) groups is 3. The standard InChI is InChI=1S/C29H41F2N5O5/c1-20(2)17-36(27(38)25-32-23-8-4-5-9-24(23)35(25)12-6-7-15-41-3)22-16-21(18-34(19-22)28(39)40)26(37)33-13-10-29(30,31)11-14-33/h4-5,8-9,20-22H,6-7,10-19H2,1-3H3,(H,39,40)/t21-,22+/m1/s1. The summed E-state index contributed by atoms with van der Waals surface area (Å²) in [5.41, 5.74) is 1.53. The number of ether oxygens (including phenoxy) is 1. The molecule has 0 bridgehead atoms. The maximum absolute atomic E-state index is 14.3. The number of aromatic nitrogens is 2. The number of halogens is 2. The van der Waals surface area contributed by atoms with Crippen molar-refractivity contribution in [1.29, 1.82) is 0 Å². The van der Waals surface area contributed by atoms with E-state index in [4.69, 9.17) is 9.72 Å². The van der Waals surface area contributed by atoms with E-state index in [1.807, 2.05) is 42.7 Å². The lowest BCUT2D eigenvalue weighted by atomic mass is 9.90. The highest BCUT2D eigenvalue weighted by atomic mass is 19.3. The van der Waals surface area contributed by atoms with E-state index >= 15 is 0 Å². The van der Waals surface area contributed by atoms with E-state index in [2.05, 4.69) is 0 Å².